The molecule has 306 valence electrons. The zero-order valence-corrected chi connectivity index (χ0v) is 35.7. The Balaban J connectivity index is 1.03. The van der Waals surface area contributed by atoms with Crippen molar-refractivity contribution in [2.75, 3.05) is 4.90 Å². The maximum Gasteiger partial charge on any atom is 0.135 e. The summed E-state index contributed by atoms with van der Waals surface area (Å²) in [6.45, 7) is 0. The van der Waals surface area contributed by atoms with Crippen molar-refractivity contribution in [1.82, 2.24) is 4.57 Å². The number of fused-ring (bicyclic) bond motifs is 16. The van der Waals surface area contributed by atoms with Crippen LogP contribution in [0, 0.1) is 0 Å². The Morgan fingerprint density at radius 1 is 0.348 bits per heavy atom. The molecule has 0 saturated heterocycles. The van der Waals surface area contributed by atoms with Crippen molar-refractivity contribution in [3.8, 4) is 27.9 Å². The average Bonchev–Trinajstić information content (AvgIpc) is 4.02. The molecule has 0 atom stereocenters. The van der Waals surface area contributed by atoms with Crippen LogP contribution in [0.3, 0.4) is 0 Å². The first-order valence-corrected chi connectivity index (χ1v) is 22.8. The quantitative estimate of drug-likeness (QED) is 0.176. The Hall–Kier alpha value is -8.66. The van der Waals surface area contributed by atoms with Gasteiger partial charge in [0.05, 0.1) is 22.1 Å². The monoisotopic (exact) mass is 838 g/mol. The van der Waals surface area contributed by atoms with E-state index in [2.05, 4.69) is 234 Å². The van der Waals surface area contributed by atoms with Gasteiger partial charge >= 0.3 is 0 Å². The standard InChI is InChI=1S/C63H38N2O/c1-2-18-44-39(14-1)15-13-28-57(44)64(43-31-34-49-48-21-5-9-27-58(48)65(59(49)38-43)41-32-35-61-52(36-41)50-22-6-10-29-60(50)66-61)42-30-33-47-51-23-11-16-40-17-12-26-55(62(40)51)63(56(47)37-42)53-24-7-3-19-45(53)46-20-4-8-25-54(46)63/h1-38H. The first-order valence-electron chi connectivity index (χ1n) is 22.8. The highest BCUT2D eigenvalue weighted by Crippen LogP contribution is 2.62. The van der Waals surface area contributed by atoms with E-state index >= 15 is 0 Å². The lowest BCUT2D eigenvalue weighted by molar-refractivity contribution is 0.669. The van der Waals surface area contributed by atoms with Gasteiger partial charge in [0, 0.05) is 44.0 Å². The molecule has 0 radical (unpaired) electrons. The number of furan rings is 1. The van der Waals surface area contributed by atoms with Crippen LogP contribution >= 0.6 is 0 Å². The molecule has 2 aliphatic rings. The summed E-state index contributed by atoms with van der Waals surface area (Å²) >= 11 is 0. The topological polar surface area (TPSA) is 21.3 Å². The molecule has 11 aromatic carbocycles. The third kappa shape index (κ3) is 4.66. The van der Waals surface area contributed by atoms with Gasteiger partial charge in [0.25, 0.3) is 0 Å². The second-order valence-corrected chi connectivity index (χ2v) is 17.9. The lowest BCUT2D eigenvalue weighted by atomic mass is 9.61. The molecule has 2 heterocycles. The van der Waals surface area contributed by atoms with Gasteiger partial charge in [-0.25, -0.2) is 0 Å². The zero-order chi connectivity index (χ0) is 43.1. The van der Waals surface area contributed by atoms with Gasteiger partial charge in [0.1, 0.15) is 11.2 Å². The minimum atomic E-state index is -0.539. The van der Waals surface area contributed by atoms with Crippen molar-refractivity contribution < 1.29 is 4.42 Å². The fraction of sp³-hybridized carbons (Fsp3) is 0.0159. The number of hydrogen-bond acceptors (Lipinski definition) is 2. The summed E-state index contributed by atoms with van der Waals surface area (Å²) < 4.78 is 8.75. The summed E-state index contributed by atoms with van der Waals surface area (Å²) in [5.41, 5.74) is 18.4. The average molecular weight is 839 g/mol. The molecule has 2 aromatic heterocycles. The second-order valence-electron chi connectivity index (χ2n) is 17.9. The highest BCUT2D eigenvalue weighted by atomic mass is 16.3. The van der Waals surface area contributed by atoms with Crippen LogP contribution in [0.2, 0.25) is 0 Å². The predicted molar refractivity (Wildman–Crippen MR) is 274 cm³/mol. The minimum Gasteiger partial charge on any atom is -0.456 e. The van der Waals surface area contributed by atoms with Gasteiger partial charge in [-0.1, -0.05) is 170 Å². The molecule has 0 N–H and O–H groups in total. The Kier molecular flexibility index (Phi) is 7.15. The van der Waals surface area contributed by atoms with Gasteiger partial charge in [-0.15, -0.1) is 0 Å². The van der Waals surface area contributed by atoms with Gasteiger partial charge in [0.2, 0.25) is 0 Å². The van der Waals surface area contributed by atoms with E-state index in [1.807, 2.05) is 6.07 Å². The van der Waals surface area contributed by atoms with Crippen LogP contribution in [0.25, 0.3) is 93.2 Å². The number of rotatable bonds is 4. The SMILES string of the molecule is c1ccc2c(c1)-c1ccccc1C21c2cc(N(c3ccc4c5ccccc5n(-c5ccc6oc7ccccc7c6c5)c4c3)c3cccc4ccccc34)ccc2-c2cccc3cccc1c23. The molecule has 66 heavy (non-hydrogen) atoms. The molecule has 3 nitrogen and oxygen atoms in total. The molecular formula is C63H38N2O. The Morgan fingerprint density at radius 3 is 1.80 bits per heavy atom. The van der Waals surface area contributed by atoms with Crippen LogP contribution < -0.4 is 4.90 Å². The van der Waals surface area contributed by atoms with E-state index in [0.29, 0.717) is 0 Å². The highest BCUT2D eigenvalue weighted by Gasteiger charge is 2.50. The molecule has 0 amide bonds. The maximum absolute atomic E-state index is 6.32. The van der Waals surface area contributed by atoms with Crippen LogP contribution in [0.4, 0.5) is 17.1 Å². The number of hydrogen-bond donors (Lipinski definition) is 0. The Labute approximate surface area is 380 Å². The third-order valence-corrected chi connectivity index (χ3v) is 14.8. The van der Waals surface area contributed by atoms with Gasteiger partial charge in [-0.05, 0) is 121 Å². The normalized spacial score (nSPS) is 13.3. The number of nitrogens with zero attached hydrogens (tertiary/aromatic N) is 2. The number of para-hydroxylation sites is 2. The molecule has 3 heteroatoms. The summed E-state index contributed by atoms with van der Waals surface area (Å²) in [7, 11) is 0. The van der Waals surface area contributed by atoms with Crippen molar-refractivity contribution in [1.29, 1.82) is 0 Å². The van der Waals surface area contributed by atoms with Crippen LogP contribution in [0.1, 0.15) is 22.3 Å². The molecule has 0 unspecified atom stereocenters. The second kappa shape index (κ2) is 13.2. The van der Waals surface area contributed by atoms with Crippen LogP contribution in [-0.4, -0.2) is 4.57 Å². The van der Waals surface area contributed by atoms with E-state index in [4.69, 9.17) is 4.42 Å². The summed E-state index contributed by atoms with van der Waals surface area (Å²) in [6.07, 6.45) is 0. The molecule has 1 spiro atoms. The molecule has 0 aliphatic heterocycles. The number of benzene rings is 11. The van der Waals surface area contributed by atoms with Crippen molar-refractivity contribution in [3.63, 3.8) is 0 Å². The van der Waals surface area contributed by atoms with Gasteiger partial charge in [0.15, 0.2) is 0 Å². The van der Waals surface area contributed by atoms with E-state index in [1.54, 1.807) is 0 Å². The van der Waals surface area contributed by atoms with Crippen molar-refractivity contribution in [2.45, 2.75) is 5.41 Å². The number of anilines is 3. The fourth-order valence-electron chi connectivity index (χ4n) is 12.1. The fourth-order valence-corrected chi connectivity index (χ4v) is 12.1. The summed E-state index contributed by atoms with van der Waals surface area (Å²) in [4.78, 5) is 2.50. The van der Waals surface area contributed by atoms with Crippen molar-refractivity contribution in [3.05, 3.63) is 253 Å². The third-order valence-electron chi connectivity index (χ3n) is 14.8. The largest absolute Gasteiger partial charge is 0.456 e. The zero-order valence-electron chi connectivity index (χ0n) is 35.7. The van der Waals surface area contributed by atoms with E-state index < -0.39 is 5.41 Å². The summed E-state index contributed by atoms with van der Waals surface area (Å²) in [6, 6.07) is 85.5. The van der Waals surface area contributed by atoms with Crippen molar-refractivity contribution in [2.24, 2.45) is 0 Å². The van der Waals surface area contributed by atoms with Gasteiger partial charge in [-0.2, -0.15) is 0 Å². The van der Waals surface area contributed by atoms with Crippen LogP contribution in [0.15, 0.2) is 235 Å². The molecular weight excluding hydrogens is 801 g/mol. The van der Waals surface area contributed by atoms with Gasteiger partial charge in [-0.3, -0.25) is 0 Å². The predicted octanol–water partition coefficient (Wildman–Crippen LogP) is 16.8. The van der Waals surface area contributed by atoms with Crippen LogP contribution in [0.5, 0.6) is 0 Å². The highest BCUT2D eigenvalue weighted by molar-refractivity contribution is 6.13. The molecule has 0 fully saturated rings. The van der Waals surface area contributed by atoms with E-state index in [0.717, 1.165) is 55.7 Å². The lowest BCUT2D eigenvalue weighted by Crippen LogP contribution is -2.32. The molecule has 0 bridgehead atoms. The first kappa shape index (κ1) is 35.8. The minimum absolute atomic E-state index is 0.539. The molecule has 13 aromatic rings. The first-order chi connectivity index (χ1) is 32.7. The summed E-state index contributed by atoms with van der Waals surface area (Å²) in [5, 5.41) is 9.64. The number of aromatic nitrogens is 1. The molecule has 15 rings (SSSR count). The molecule has 0 saturated carbocycles. The van der Waals surface area contributed by atoms with Crippen molar-refractivity contribution >= 4 is 82.4 Å². The van der Waals surface area contributed by atoms with Gasteiger partial charge < -0.3 is 13.9 Å². The van der Waals surface area contributed by atoms with E-state index in [9.17, 15) is 0 Å². The molecule has 2 aliphatic carbocycles. The Bertz CT molecular complexity index is 4150. The summed E-state index contributed by atoms with van der Waals surface area (Å²) in [5.74, 6) is 0. The van der Waals surface area contributed by atoms with E-state index in [1.165, 1.54) is 76.8 Å². The van der Waals surface area contributed by atoms with E-state index in [-0.39, 0.29) is 0 Å². The lowest BCUT2D eigenvalue weighted by Gasteiger charge is -2.41. The van der Waals surface area contributed by atoms with Crippen LogP contribution in [-0.2, 0) is 5.41 Å². The Morgan fingerprint density at radius 2 is 0.939 bits per heavy atom. The smallest absolute Gasteiger partial charge is 0.135 e. The maximum atomic E-state index is 6.32.